The maximum Gasteiger partial charge on any atom is 0.0570 e. The molecule has 0 spiro atoms. The highest BCUT2D eigenvalue weighted by atomic mass is 15.1. The molecule has 5 nitrogen and oxygen atoms in total. The van der Waals surface area contributed by atoms with E-state index in [0.29, 0.717) is 0 Å². The molecule has 0 saturated carbocycles. The molecule has 164 valence electrons. The SMILES string of the molecule is C=C(Nc1ccc(C)nc1)C(=C)c1cc(-c2cncc(N3CCCC3)c2)ccc1N(C)C. The lowest BCUT2D eigenvalue weighted by atomic mass is 9.96. The minimum absolute atomic E-state index is 0.750. The zero-order valence-electron chi connectivity index (χ0n) is 19.2. The third-order valence-electron chi connectivity index (χ3n) is 5.90. The summed E-state index contributed by atoms with van der Waals surface area (Å²) >= 11 is 0. The molecule has 0 radical (unpaired) electrons. The van der Waals surface area contributed by atoms with Crippen LogP contribution >= 0.6 is 0 Å². The minimum Gasteiger partial charge on any atom is -0.377 e. The highest BCUT2D eigenvalue weighted by Crippen LogP contribution is 2.34. The monoisotopic (exact) mass is 425 g/mol. The fourth-order valence-electron chi connectivity index (χ4n) is 4.04. The number of pyridine rings is 2. The molecule has 0 amide bonds. The van der Waals surface area contributed by atoms with Gasteiger partial charge in [-0.1, -0.05) is 19.2 Å². The normalized spacial score (nSPS) is 13.2. The van der Waals surface area contributed by atoms with Gasteiger partial charge in [-0.2, -0.15) is 0 Å². The molecule has 0 unspecified atom stereocenters. The third kappa shape index (κ3) is 4.67. The molecule has 5 heteroatoms. The van der Waals surface area contributed by atoms with Gasteiger partial charge in [0.15, 0.2) is 0 Å². The van der Waals surface area contributed by atoms with Gasteiger partial charge in [-0.15, -0.1) is 0 Å². The molecule has 1 aromatic carbocycles. The van der Waals surface area contributed by atoms with Crippen molar-refractivity contribution in [3.8, 4) is 11.1 Å². The van der Waals surface area contributed by atoms with Crippen molar-refractivity contribution < 1.29 is 0 Å². The Bertz CT molecular complexity index is 1130. The van der Waals surface area contributed by atoms with E-state index in [1.54, 1.807) is 0 Å². The third-order valence-corrected chi connectivity index (χ3v) is 5.90. The summed E-state index contributed by atoms with van der Waals surface area (Å²) in [5.41, 5.74) is 9.01. The quantitative estimate of drug-likeness (QED) is 0.488. The predicted molar refractivity (Wildman–Crippen MR) is 136 cm³/mol. The average Bonchev–Trinajstić information content (AvgIpc) is 3.35. The van der Waals surface area contributed by atoms with E-state index in [9.17, 15) is 0 Å². The number of aryl methyl sites for hydroxylation is 1. The number of benzene rings is 1. The number of aromatic nitrogens is 2. The first-order valence-corrected chi connectivity index (χ1v) is 11.0. The molecule has 3 aromatic rings. The Morgan fingerprint density at radius 1 is 0.969 bits per heavy atom. The Morgan fingerprint density at radius 3 is 2.44 bits per heavy atom. The van der Waals surface area contributed by atoms with Crippen LogP contribution in [0.5, 0.6) is 0 Å². The molecule has 0 aliphatic carbocycles. The van der Waals surface area contributed by atoms with Gasteiger partial charge >= 0.3 is 0 Å². The van der Waals surface area contributed by atoms with Crippen LogP contribution in [0.1, 0.15) is 24.1 Å². The fourth-order valence-corrected chi connectivity index (χ4v) is 4.04. The Balaban J connectivity index is 1.64. The van der Waals surface area contributed by atoms with E-state index in [1.807, 2.05) is 51.7 Å². The summed E-state index contributed by atoms with van der Waals surface area (Å²) in [6, 6.07) is 12.7. The zero-order valence-corrected chi connectivity index (χ0v) is 19.2. The molecule has 1 saturated heterocycles. The van der Waals surface area contributed by atoms with E-state index in [1.165, 1.54) is 18.5 Å². The van der Waals surface area contributed by atoms with Crippen molar-refractivity contribution in [3.05, 3.63) is 85.1 Å². The second-order valence-corrected chi connectivity index (χ2v) is 8.52. The van der Waals surface area contributed by atoms with Gasteiger partial charge in [0.25, 0.3) is 0 Å². The van der Waals surface area contributed by atoms with Crippen molar-refractivity contribution >= 4 is 22.6 Å². The predicted octanol–water partition coefficient (Wildman–Crippen LogP) is 5.76. The Kier molecular flexibility index (Phi) is 6.26. The zero-order chi connectivity index (χ0) is 22.7. The maximum absolute atomic E-state index is 4.52. The number of hydrogen-bond acceptors (Lipinski definition) is 5. The first-order chi connectivity index (χ1) is 15.4. The number of anilines is 3. The second kappa shape index (κ2) is 9.27. The van der Waals surface area contributed by atoms with Gasteiger partial charge in [-0.3, -0.25) is 9.97 Å². The number of rotatable bonds is 7. The summed E-state index contributed by atoms with van der Waals surface area (Å²) in [6.45, 7) is 12.8. The van der Waals surface area contributed by atoms with Gasteiger partial charge in [0.05, 0.1) is 23.8 Å². The summed E-state index contributed by atoms with van der Waals surface area (Å²) in [7, 11) is 4.09. The van der Waals surface area contributed by atoms with Crippen LogP contribution in [0.4, 0.5) is 17.1 Å². The molecule has 1 fully saturated rings. The molecule has 0 atom stereocenters. The van der Waals surface area contributed by atoms with E-state index < -0.39 is 0 Å². The largest absolute Gasteiger partial charge is 0.377 e. The topological polar surface area (TPSA) is 44.3 Å². The first kappa shape index (κ1) is 21.6. The summed E-state index contributed by atoms with van der Waals surface area (Å²) in [6.07, 6.45) is 8.20. The highest BCUT2D eigenvalue weighted by molar-refractivity contribution is 5.89. The van der Waals surface area contributed by atoms with Crippen molar-refractivity contribution in [1.82, 2.24) is 9.97 Å². The van der Waals surface area contributed by atoms with Crippen LogP contribution in [-0.4, -0.2) is 37.2 Å². The van der Waals surface area contributed by atoms with Crippen LogP contribution in [0.3, 0.4) is 0 Å². The molecule has 32 heavy (non-hydrogen) atoms. The smallest absolute Gasteiger partial charge is 0.0570 e. The van der Waals surface area contributed by atoms with E-state index in [-0.39, 0.29) is 0 Å². The van der Waals surface area contributed by atoms with Gasteiger partial charge in [-0.05, 0) is 61.2 Å². The van der Waals surface area contributed by atoms with Gasteiger partial charge in [0.1, 0.15) is 0 Å². The van der Waals surface area contributed by atoms with Crippen LogP contribution in [0.25, 0.3) is 16.7 Å². The summed E-state index contributed by atoms with van der Waals surface area (Å²) in [4.78, 5) is 13.4. The standard InChI is InChI=1S/C27H31N5/c1-19-8-10-24(17-29-19)30-21(3)20(2)26-15-22(9-11-27(26)31(4)5)23-14-25(18-28-16-23)32-12-6-7-13-32/h8-11,14-18,30H,2-3,6-7,12-13H2,1,4-5H3. The lowest BCUT2D eigenvalue weighted by Crippen LogP contribution is -2.17. The van der Waals surface area contributed by atoms with Crippen LogP contribution in [0.2, 0.25) is 0 Å². The van der Waals surface area contributed by atoms with E-state index >= 15 is 0 Å². The summed E-state index contributed by atoms with van der Waals surface area (Å²) in [5.74, 6) is 0. The molecule has 1 aliphatic rings. The molecule has 3 heterocycles. The van der Waals surface area contributed by atoms with Crippen molar-refractivity contribution in [2.45, 2.75) is 19.8 Å². The Hall–Kier alpha value is -3.60. The second-order valence-electron chi connectivity index (χ2n) is 8.52. The van der Waals surface area contributed by atoms with Crippen molar-refractivity contribution in [2.75, 3.05) is 42.3 Å². The Morgan fingerprint density at radius 2 is 1.75 bits per heavy atom. The average molecular weight is 426 g/mol. The maximum atomic E-state index is 4.52. The van der Waals surface area contributed by atoms with E-state index in [4.69, 9.17) is 0 Å². The molecule has 1 aliphatic heterocycles. The summed E-state index contributed by atoms with van der Waals surface area (Å²) in [5, 5.41) is 3.34. The molecule has 2 aromatic heterocycles. The molecule has 4 rings (SSSR count). The van der Waals surface area contributed by atoms with Crippen molar-refractivity contribution in [3.63, 3.8) is 0 Å². The number of nitrogens with one attached hydrogen (secondary N) is 1. The van der Waals surface area contributed by atoms with Crippen LogP contribution in [0.15, 0.2) is 73.8 Å². The molecular formula is C27H31N5. The van der Waals surface area contributed by atoms with E-state index in [2.05, 4.69) is 62.5 Å². The minimum atomic E-state index is 0.750. The lowest BCUT2D eigenvalue weighted by molar-refractivity contribution is 0.949. The number of nitrogens with zero attached hydrogens (tertiary/aromatic N) is 4. The van der Waals surface area contributed by atoms with Gasteiger partial charge < -0.3 is 15.1 Å². The first-order valence-electron chi connectivity index (χ1n) is 11.0. The van der Waals surface area contributed by atoms with Gasteiger partial charge in [0, 0.05) is 61.6 Å². The van der Waals surface area contributed by atoms with E-state index in [0.717, 1.165) is 58.1 Å². The van der Waals surface area contributed by atoms with Crippen molar-refractivity contribution in [1.29, 1.82) is 0 Å². The molecular weight excluding hydrogens is 394 g/mol. The lowest BCUT2D eigenvalue weighted by Gasteiger charge is -2.22. The van der Waals surface area contributed by atoms with Crippen LogP contribution < -0.4 is 15.1 Å². The molecule has 1 N–H and O–H groups in total. The molecule has 0 bridgehead atoms. The summed E-state index contributed by atoms with van der Waals surface area (Å²) < 4.78 is 0. The number of allylic oxidation sites excluding steroid dienone is 1. The Labute approximate surface area is 191 Å². The van der Waals surface area contributed by atoms with Crippen LogP contribution in [-0.2, 0) is 0 Å². The number of hydrogen-bond donors (Lipinski definition) is 1. The van der Waals surface area contributed by atoms with Crippen LogP contribution in [0, 0.1) is 6.92 Å². The highest BCUT2D eigenvalue weighted by Gasteiger charge is 2.16. The van der Waals surface area contributed by atoms with Gasteiger partial charge in [0.2, 0.25) is 0 Å². The van der Waals surface area contributed by atoms with Gasteiger partial charge in [-0.25, -0.2) is 0 Å². The van der Waals surface area contributed by atoms with Crippen molar-refractivity contribution in [2.24, 2.45) is 0 Å². The fraction of sp³-hybridized carbons (Fsp3) is 0.259.